The van der Waals surface area contributed by atoms with Gasteiger partial charge in [0.25, 0.3) is 0 Å². The third kappa shape index (κ3) is 3.35. The number of rotatable bonds is 3. The van der Waals surface area contributed by atoms with Gasteiger partial charge in [-0.25, -0.2) is 0 Å². The van der Waals surface area contributed by atoms with Crippen molar-refractivity contribution in [1.82, 2.24) is 0 Å². The number of carbonyl (C=O) groups is 1. The van der Waals surface area contributed by atoms with Gasteiger partial charge in [-0.15, -0.1) is 0 Å². The van der Waals surface area contributed by atoms with Crippen LogP contribution in [-0.4, -0.2) is 24.3 Å². The van der Waals surface area contributed by atoms with Gasteiger partial charge in [0.15, 0.2) is 0 Å². The number of hydrogen-bond donors (Lipinski definition) is 0. The Kier molecular flexibility index (Phi) is 2.96. The lowest BCUT2D eigenvalue weighted by Gasteiger charge is -2.19. The molecule has 0 amide bonds. The molecule has 0 aromatic rings. The van der Waals surface area contributed by atoms with Crippen LogP contribution in [0.5, 0.6) is 0 Å². The Hall–Kier alpha value is -0.570. The molecule has 0 radical (unpaired) electrons. The third-order valence-electron chi connectivity index (χ3n) is 1.83. The minimum atomic E-state index is -0.161. The Bertz CT molecular complexity index is 193. The minimum absolute atomic E-state index is 0.0147. The molecule has 1 saturated carbocycles. The Morgan fingerprint density at radius 3 is 2.54 bits per heavy atom. The summed E-state index contributed by atoms with van der Waals surface area (Å²) in [7, 11) is 0. The summed E-state index contributed by atoms with van der Waals surface area (Å²) in [6, 6.07) is 0. The SMILES string of the molecule is CCOC(=O)[C@@H]1C[C@@H]1OC(C)(C)C. The molecule has 1 rings (SSSR count). The summed E-state index contributed by atoms with van der Waals surface area (Å²) < 4.78 is 10.5. The topological polar surface area (TPSA) is 35.5 Å². The molecule has 0 unspecified atom stereocenters. The maximum atomic E-state index is 11.2. The van der Waals surface area contributed by atoms with Crippen LogP contribution in [0.15, 0.2) is 0 Å². The lowest BCUT2D eigenvalue weighted by Crippen LogP contribution is -2.22. The van der Waals surface area contributed by atoms with Gasteiger partial charge in [-0.2, -0.15) is 0 Å². The van der Waals surface area contributed by atoms with Crippen LogP contribution in [0.4, 0.5) is 0 Å². The van der Waals surface area contributed by atoms with Crippen LogP contribution in [0.25, 0.3) is 0 Å². The first-order valence-corrected chi connectivity index (χ1v) is 4.78. The van der Waals surface area contributed by atoms with Gasteiger partial charge in [0, 0.05) is 0 Å². The second-order valence-corrected chi connectivity index (χ2v) is 4.36. The predicted molar refractivity (Wildman–Crippen MR) is 49.4 cm³/mol. The highest BCUT2D eigenvalue weighted by Crippen LogP contribution is 2.37. The molecule has 0 aromatic heterocycles. The first-order valence-electron chi connectivity index (χ1n) is 4.78. The van der Waals surface area contributed by atoms with Gasteiger partial charge < -0.3 is 9.47 Å². The van der Waals surface area contributed by atoms with Gasteiger partial charge >= 0.3 is 5.97 Å². The Morgan fingerprint density at radius 1 is 1.46 bits per heavy atom. The summed E-state index contributed by atoms with van der Waals surface area (Å²) in [4.78, 5) is 11.2. The number of esters is 1. The van der Waals surface area contributed by atoms with Gasteiger partial charge in [-0.1, -0.05) is 0 Å². The maximum absolute atomic E-state index is 11.2. The normalized spacial score (nSPS) is 27.1. The number of carbonyl (C=O) groups excluding carboxylic acids is 1. The Labute approximate surface area is 79.4 Å². The lowest BCUT2D eigenvalue weighted by molar-refractivity contribution is -0.146. The highest BCUT2D eigenvalue weighted by molar-refractivity contribution is 5.76. The van der Waals surface area contributed by atoms with E-state index >= 15 is 0 Å². The van der Waals surface area contributed by atoms with E-state index in [2.05, 4.69) is 0 Å². The molecule has 1 fully saturated rings. The molecule has 0 saturated heterocycles. The molecule has 0 aromatic carbocycles. The Morgan fingerprint density at radius 2 is 2.08 bits per heavy atom. The van der Waals surface area contributed by atoms with Crippen LogP contribution < -0.4 is 0 Å². The molecule has 1 aliphatic carbocycles. The van der Waals surface area contributed by atoms with Crippen molar-refractivity contribution in [1.29, 1.82) is 0 Å². The van der Waals surface area contributed by atoms with E-state index in [9.17, 15) is 4.79 Å². The third-order valence-corrected chi connectivity index (χ3v) is 1.83. The molecule has 3 nitrogen and oxygen atoms in total. The highest BCUT2D eigenvalue weighted by Gasteiger charge is 2.47. The van der Waals surface area contributed by atoms with Crippen molar-refractivity contribution in [3.05, 3.63) is 0 Å². The fourth-order valence-corrected chi connectivity index (χ4v) is 1.25. The molecular formula is C10H18O3. The van der Waals surface area contributed by atoms with E-state index in [1.807, 2.05) is 27.7 Å². The van der Waals surface area contributed by atoms with Crippen LogP contribution in [0.3, 0.4) is 0 Å². The fourth-order valence-electron chi connectivity index (χ4n) is 1.25. The Balaban J connectivity index is 2.26. The average Bonchev–Trinajstić information content (AvgIpc) is 2.64. The van der Waals surface area contributed by atoms with Crippen LogP contribution >= 0.6 is 0 Å². The molecule has 0 aliphatic heterocycles. The van der Waals surface area contributed by atoms with Gasteiger partial charge in [-0.3, -0.25) is 4.79 Å². The van der Waals surface area contributed by atoms with E-state index in [0.29, 0.717) is 6.61 Å². The van der Waals surface area contributed by atoms with Crippen molar-refractivity contribution < 1.29 is 14.3 Å². The quantitative estimate of drug-likeness (QED) is 0.630. The molecule has 0 bridgehead atoms. The molecule has 0 N–H and O–H groups in total. The standard InChI is InChI=1S/C10H18O3/c1-5-12-9(11)7-6-8(7)13-10(2,3)4/h7-8H,5-6H2,1-4H3/t7-,8+/m1/s1. The smallest absolute Gasteiger partial charge is 0.311 e. The fraction of sp³-hybridized carbons (Fsp3) is 0.900. The van der Waals surface area contributed by atoms with E-state index in [1.165, 1.54) is 0 Å². The molecule has 2 atom stereocenters. The first-order chi connectivity index (χ1) is 5.94. The zero-order valence-corrected chi connectivity index (χ0v) is 8.79. The summed E-state index contributed by atoms with van der Waals surface area (Å²) in [6.45, 7) is 8.26. The van der Waals surface area contributed by atoms with Crippen molar-refractivity contribution in [2.45, 2.75) is 45.8 Å². The van der Waals surface area contributed by atoms with E-state index in [4.69, 9.17) is 9.47 Å². The predicted octanol–water partition coefficient (Wildman–Crippen LogP) is 1.75. The molecule has 3 heteroatoms. The minimum Gasteiger partial charge on any atom is -0.466 e. The number of hydrogen-bond acceptors (Lipinski definition) is 3. The van der Waals surface area contributed by atoms with E-state index in [-0.39, 0.29) is 23.6 Å². The molecule has 13 heavy (non-hydrogen) atoms. The molecule has 0 spiro atoms. The van der Waals surface area contributed by atoms with E-state index < -0.39 is 0 Å². The van der Waals surface area contributed by atoms with Gasteiger partial charge in [0.1, 0.15) is 0 Å². The van der Waals surface area contributed by atoms with Gasteiger partial charge in [0.05, 0.1) is 24.2 Å². The lowest BCUT2D eigenvalue weighted by atomic mass is 10.2. The van der Waals surface area contributed by atoms with Gasteiger partial charge in [-0.05, 0) is 34.1 Å². The summed E-state index contributed by atoms with van der Waals surface area (Å²) in [6.07, 6.45) is 0.898. The summed E-state index contributed by atoms with van der Waals surface area (Å²) >= 11 is 0. The van der Waals surface area contributed by atoms with Gasteiger partial charge in [0.2, 0.25) is 0 Å². The average molecular weight is 186 g/mol. The van der Waals surface area contributed by atoms with Crippen molar-refractivity contribution in [3.63, 3.8) is 0 Å². The van der Waals surface area contributed by atoms with Crippen molar-refractivity contribution in [3.8, 4) is 0 Å². The van der Waals surface area contributed by atoms with Crippen LogP contribution in [0.1, 0.15) is 34.1 Å². The summed E-state index contributed by atoms with van der Waals surface area (Å²) in [5.74, 6) is -0.129. The molecular weight excluding hydrogens is 168 g/mol. The highest BCUT2D eigenvalue weighted by atomic mass is 16.5. The monoisotopic (exact) mass is 186 g/mol. The molecule has 76 valence electrons. The van der Waals surface area contributed by atoms with Crippen LogP contribution in [0.2, 0.25) is 0 Å². The second-order valence-electron chi connectivity index (χ2n) is 4.36. The van der Waals surface area contributed by atoms with Crippen molar-refractivity contribution >= 4 is 5.97 Å². The zero-order chi connectivity index (χ0) is 10.1. The van der Waals surface area contributed by atoms with E-state index in [1.54, 1.807) is 0 Å². The second kappa shape index (κ2) is 3.66. The summed E-state index contributed by atoms with van der Waals surface area (Å²) in [5.41, 5.74) is -0.161. The van der Waals surface area contributed by atoms with E-state index in [0.717, 1.165) is 6.42 Å². The zero-order valence-electron chi connectivity index (χ0n) is 8.79. The maximum Gasteiger partial charge on any atom is 0.311 e. The molecule has 1 aliphatic rings. The summed E-state index contributed by atoms with van der Waals surface area (Å²) in [5, 5.41) is 0. The first kappa shape index (κ1) is 10.5. The molecule has 0 heterocycles. The van der Waals surface area contributed by atoms with Crippen LogP contribution in [0, 0.1) is 5.92 Å². The number of ether oxygens (including phenoxy) is 2. The van der Waals surface area contributed by atoms with Crippen molar-refractivity contribution in [2.75, 3.05) is 6.61 Å². The largest absolute Gasteiger partial charge is 0.466 e. The van der Waals surface area contributed by atoms with Crippen molar-refractivity contribution in [2.24, 2.45) is 5.92 Å². The van der Waals surface area contributed by atoms with Crippen LogP contribution in [-0.2, 0) is 14.3 Å².